The second kappa shape index (κ2) is 5.28. The maximum absolute atomic E-state index is 12.7. The van der Waals surface area contributed by atoms with Gasteiger partial charge >= 0.3 is 6.18 Å². The molecule has 2 heterocycles. The van der Waals surface area contributed by atoms with Gasteiger partial charge < -0.3 is 0 Å². The van der Waals surface area contributed by atoms with Crippen LogP contribution in [0.5, 0.6) is 0 Å². The number of rotatable bonds is 2. The fourth-order valence-corrected chi connectivity index (χ4v) is 4.56. The highest BCUT2D eigenvalue weighted by atomic mass is 19.4. The van der Waals surface area contributed by atoms with Crippen LogP contribution in [0.4, 0.5) is 13.2 Å². The van der Waals surface area contributed by atoms with Gasteiger partial charge in [0.25, 0.3) is 0 Å². The van der Waals surface area contributed by atoms with Crippen LogP contribution in [0.2, 0.25) is 0 Å². The lowest BCUT2D eigenvalue weighted by molar-refractivity contribution is -0.145. The van der Waals surface area contributed by atoms with Crippen molar-refractivity contribution in [1.29, 1.82) is 0 Å². The number of allylic oxidation sites excluding steroid dienone is 1. The molecule has 0 N–H and O–H groups in total. The molecule has 1 fully saturated rings. The predicted molar refractivity (Wildman–Crippen MR) is 84.1 cm³/mol. The fourth-order valence-electron chi connectivity index (χ4n) is 4.56. The summed E-state index contributed by atoms with van der Waals surface area (Å²) < 4.78 is 38.2. The molecule has 1 aromatic rings. The summed E-state index contributed by atoms with van der Waals surface area (Å²) >= 11 is 0. The summed E-state index contributed by atoms with van der Waals surface area (Å²) in [7, 11) is 0. The van der Waals surface area contributed by atoms with Crippen molar-refractivity contribution in [3.8, 4) is 0 Å². The average Bonchev–Trinajstić information content (AvgIpc) is 2.53. The van der Waals surface area contributed by atoms with E-state index < -0.39 is 12.0 Å². The van der Waals surface area contributed by atoms with Gasteiger partial charge in [0.1, 0.15) is 0 Å². The molecule has 1 aromatic heterocycles. The summed E-state index contributed by atoms with van der Waals surface area (Å²) in [6, 6.07) is 0. The van der Waals surface area contributed by atoms with E-state index in [9.17, 15) is 13.2 Å². The third kappa shape index (κ3) is 2.55. The zero-order chi connectivity index (χ0) is 17.1. The summed E-state index contributed by atoms with van der Waals surface area (Å²) in [5.41, 5.74) is 3.30. The molecule has 2 atom stereocenters. The molecule has 2 unspecified atom stereocenters. The Bertz CT molecular complexity index is 693. The molecule has 130 valence electrons. The van der Waals surface area contributed by atoms with Gasteiger partial charge in [-0.2, -0.15) is 13.2 Å². The molecule has 5 rings (SSSR count). The third-order valence-electron chi connectivity index (χ3n) is 6.26. The Kier molecular flexibility index (Phi) is 3.53. The second-order valence-electron chi connectivity index (χ2n) is 7.95. The predicted octanol–water partition coefficient (Wildman–Crippen LogP) is 3.85. The van der Waals surface area contributed by atoms with E-state index in [4.69, 9.17) is 0 Å². The van der Waals surface area contributed by atoms with Gasteiger partial charge in [-0.05, 0) is 30.1 Å². The Balaban J connectivity index is 1.47. The van der Waals surface area contributed by atoms with E-state index in [1.807, 2.05) is 0 Å². The van der Waals surface area contributed by atoms with Crippen molar-refractivity contribution in [2.75, 3.05) is 13.1 Å². The molecule has 1 aliphatic heterocycles. The van der Waals surface area contributed by atoms with E-state index in [2.05, 4.69) is 34.8 Å². The quantitative estimate of drug-likeness (QED) is 0.768. The van der Waals surface area contributed by atoms with Crippen LogP contribution >= 0.6 is 0 Å². The lowest BCUT2D eigenvalue weighted by atomic mass is 9.49. The lowest BCUT2D eigenvalue weighted by Crippen LogP contribution is -2.50. The third-order valence-corrected chi connectivity index (χ3v) is 6.26. The highest BCUT2D eigenvalue weighted by Gasteiger charge is 2.51. The first kappa shape index (κ1) is 16.1. The van der Waals surface area contributed by atoms with Gasteiger partial charge in [-0.25, -0.2) is 9.97 Å². The number of aromatic nitrogens is 2. The molecule has 24 heavy (non-hydrogen) atoms. The Morgan fingerprint density at radius 2 is 2.12 bits per heavy atom. The van der Waals surface area contributed by atoms with Gasteiger partial charge in [-0.1, -0.05) is 25.5 Å². The van der Waals surface area contributed by atoms with E-state index in [-0.39, 0.29) is 0 Å². The van der Waals surface area contributed by atoms with E-state index in [1.165, 1.54) is 24.6 Å². The van der Waals surface area contributed by atoms with Gasteiger partial charge in [-0.3, -0.25) is 4.90 Å². The van der Waals surface area contributed by atoms with Gasteiger partial charge in [0.05, 0.1) is 5.69 Å². The number of fused-ring (bicyclic) bond motifs is 2. The van der Waals surface area contributed by atoms with Crippen LogP contribution in [-0.2, 0) is 19.1 Å². The van der Waals surface area contributed by atoms with Crippen LogP contribution < -0.4 is 0 Å². The molecular formula is C18H22F3N3. The molecule has 3 aliphatic carbocycles. The fraction of sp³-hybridized carbons (Fsp3) is 0.667. The highest BCUT2D eigenvalue weighted by Crippen LogP contribution is 2.59. The van der Waals surface area contributed by atoms with Crippen molar-refractivity contribution in [2.24, 2.45) is 17.3 Å². The van der Waals surface area contributed by atoms with Crippen LogP contribution in [0, 0.1) is 17.3 Å². The zero-order valence-electron chi connectivity index (χ0n) is 14.0. The van der Waals surface area contributed by atoms with Crippen molar-refractivity contribution < 1.29 is 13.2 Å². The summed E-state index contributed by atoms with van der Waals surface area (Å²) in [6.45, 7) is 7.03. The van der Waals surface area contributed by atoms with Crippen LogP contribution in [0.25, 0.3) is 0 Å². The lowest BCUT2D eigenvalue weighted by Gasteiger charge is -2.57. The second-order valence-corrected chi connectivity index (χ2v) is 7.95. The molecular weight excluding hydrogens is 315 g/mol. The van der Waals surface area contributed by atoms with Crippen molar-refractivity contribution in [3.05, 3.63) is 34.9 Å². The topological polar surface area (TPSA) is 29.0 Å². The summed E-state index contributed by atoms with van der Waals surface area (Å²) in [4.78, 5) is 9.57. The summed E-state index contributed by atoms with van der Waals surface area (Å²) in [5, 5.41) is 0. The van der Waals surface area contributed by atoms with E-state index >= 15 is 0 Å². The minimum atomic E-state index is -4.47. The first-order valence-electron chi connectivity index (χ1n) is 8.58. The van der Waals surface area contributed by atoms with E-state index in [0.29, 0.717) is 30.0 Å². The first-order valence-corrected chi connectivity index (χ1v) is 8.58. The largest absolute Gasteiger partial charge is 0.451 e. The SMILES string of the molecule is CC1(C)C2CC=C(CN3CCc4nc(C(F)(F)F)ncc4C3)C1C2. The molecule has 0 spiro atoms. The number of nitrogens with zero attached hydrogens (tertiary/aromatic N) is 3. The van der Waals surface area contributed by atoms with Crippen LogP contribution in [0.3, 0.4) is 0 Å². The number of alkyl halides is 3. The maximum atomic E-state index is 12.7. The molecule has 0 radical (unpaired) electrons. The minimum absolute atomic E-state index is 0.405. The summed E-state index contributed by atoms with van der Waals surface area (Å²) in [6.07, 6.45) is 2.30. The van der Waals surface area contributed by atoms with Crippen molar-refractivity contribution in [3.63, 3.8) is 0 Å². The normalized spacial score (nSPS) is 28.8. The molecule has 4 aliphatic rings. The molecule has 6 heteroatoms. The highest BCUT2D eigenvalue weighted by molar-refractivity contribution is 5.26. The standard InChI is InChI=1S/C18H22F3N3/c1-17(2)13-4-3-11(14(17)7-13)9-24-6-5-15-12(10-24)8-22-16(23-15)18(19,20)21/h3,8,13-14H,4-7,9-10H2,1-2H3. The molecule has 0 saturated heterocycles. The zero-order valence-corrected chi connectivity index (χ0v) is 14.0. The minimum Gasteiger partial charge on any atom is -0.295 e. The van der Waals surface area contributed by atoms with Crippen LogP contribution in [0.15, 0.2) is 17.8 Å². The molecule has 1 saturated carbocycles. The van der Waals surface area contributed by atoms with E-state index in [0.717, 1.165) is 24.6 Å². The van der Waals surface area contributed by atoms with Crippen molar-refractivity contribution in [2.45, 2.75) is 45.8 Å². The monoisotopic (exact) mass is 337 g/mol. The smallest absolute Gasteiger partial charge is 0.295 e. The van der Waals surface area contributed by atoms with E-state index in [1.54, 1.807) is 0 Å². The van der Waals surface area contributed by atoms with Crippen LogP contribution in [-0.4, -0.2) is 28.0 Å². The molecule has 2 bridgehead atoms. The summed E-state index contributed by atoms with van der Waals surface area (Å²) in [5.74, 6) is 0.468. The van der Waals surface area contributed by atoms with Crippen molar-refractivity contribution >= 4 is 0 Å². The molecule has 3 nitrogen and oxygen atoms in total. The van der Waals surface area contributed by atoms with Gasteiger partial charge in [0.15, 0.2) is 0 Å². The number of halogens is 3. The Morgan fingerprint density at radius 1 is 1.33 bits per heavy atom. The Hall–Kier alpha value is -1.43. The van der Waals surface area contributed by atoms with Gasteiger partial charge in [0, 0.05) is 37.8 Å². The number of hydrogen-bond acceptors (Lipinski definition) is 3. The van der Waals surface area contributed by atoms with Crippen LogP contribution in [0.1, 0.15) is 43.8 Å². The molecule has 0 aromatic carbocycles. The Morgan fingerprint density at radius 3 is 2.79 bits per heavy atom. The maximum Gasteiger partial charge on any atom is 0.451 e. The first-order chi connectivity index (χ1) is 11.2. The van der Waals surface area contributed by atoms with Crippen molar-refractivity contribution in [1.82, 2.24) is 14.9 Å². The number of hydrogen-bond donors (Lipinski definition) is 0. The van der Waals surface area contributed by atoms with Gasteiger partial charge in [0.2, 0.25) is 5.82 Å². The van der Waals surface area contributed by atoms with Gasteiger partial charge in [-0.15, -0.1) is 0 Å². The average molecular weight is 337 g/mol. The molecule has 0 amide bonds. The Labute approximate surface area is 140 Å².